The molecule has 0 saturated carbocycles. The largest absolute Gasteiger partial charge is 0.486 e. The van der Waals surface area contributed by atoms with E-state index in [1.165, 1.54) is 21.4 Å². The molecule has 29 heavy (non-hydrogen) atoms. The average Bonchev–Trinajstić information content (AvgIpc) is 2.74. The zero-order valence-electron chi connectivity index (χ0n) is 18.1. The molecule has 3 aromatic rings. The summed E-state index contributed by atoms with van der Waals surface area (Å²) in [5.74, 6) is 0.618. The Bertz CT molecular complexity index is 1030. The lowest BCUT2D eigenvalue weighted by Crippen LogP contribution is -2.25. The number of ether oxygens (including phenoxy) is 1. The fourth-order valence-corrected chi connectivity index (χ4v) is 3.83. The van der Waals surface area contributed by atoms with Crippen molar-refractivity contribution in [2.45, 2.75) is 53.6 Å². The maximum Gasteiger partial charge on any atom is 0.278 e. The topological polar surface area (TPSA) is 44.1 Å². The first kappa shape index (κ1) is 20.8. The molecule has 0 amide bonds. The van der Waals surface area contributed by atoms with Gasteiger partial charge in [0.1, 0.15) is 12.3 Å². The number of hydrogen-bond donors (Lipinski definition) is 0. The summed E-state index contributed by atoms with van der Waals surface area (Å²) in [5, 5.41) is 4.50. The average molecular weight is 391 g/mol. The maximum atomic E-state index is 13.3. The molecule has 0 atom stereocenters. The summed E-state index contributed by atoms with van der Waals surface area (Å²) < 4.78 is 7.74. The van der Waals surface area contributed by atoms with Crippen LogP contribution in [0.3, 0.4) is 0 Å². The molecule has 0 saturated heterocycles. The molecule has 0 radical (unpaired) electrons. The molecule has 0 spiro atoms. The minimum atomic E-state index is -0.112. The van der Waals surface area contributed by atoms with Crippen LogP contribution in [0, 0.1) is 6.92 Å². The molecule has 0 aliphatic rings. The minimum Gasteiger partial charge on any atom is -0.486 e. The van der Waals surface area contributed by atoms with Gasteiger partial charge in [0.2, 0.25) is 0 Å². The molecule has 3 rings (SSSR count). The van der Waals surface area contributed by atoms with Crippen LogP contribution in [-0.2, 0) is 32.9 Å². The Labute approximate surface area is 173 Å². The van der Waals surface area contributed by atoms with Crippen LogP contribution < -0.4 is 10.3 Å². The second-order valence-electron chi connectivity index (χ2n) is 7.37. The second-order valence-corrected chi connectivity index (χ2v) is 7.37. The first-order valence-electron chi connectivity index (χ1n) is 10.4. The summed E-state index contributed by atoms with van der Waals surface area (Å²) in [7, 11) is 1.72. The van der Waals surface area contributed by atoms with Crippen LogP contribution in [0.5, 0.6) is 5.75 Å². The van der Waals surface area contributed by atoms with E-state index in [2.05, 4.69) is 38.0 Å². The number of nitrogens with zero attached hydrogens (tertiary/aromatic N) is 2. The smallest absolute Gasteiger partial charge is 0.278 e. The Hall–Kier alpha value is -2.88. The summed E-state index contributed by atoms with van der Waals surface area (Å²) in [6, 6.07) is 14.4. The summed E-state index contributed by atoms with van der Waals surface area (Å²) >= 11 is 0. The number of benzene rings is 2. The van der Waals surface area contributed by atoms with E-state index < -0.39 is 0 Å². The van der Waals surface area contributed by atoms with Crippen LogP contribution in [-0.4, -0.2) is 9.78 Å². The van der Waals surface area contributed by atoms with Crippen molar-refractivity contribution >= 4 is 0 Å². The van der Waals surface area contributed by atoms with Gasteiger partial charge in [0.15, 0.2) is 5.75 Å². The van der Waals surface area contributed by atoms with E-state index in [0.717, 1.165) is 29.7 Å². The molecule has 0 unspecified atom stereocenters. The second kappa shape index (κ2) is 9.08. The van der Waals surface area contributed by atoms with Gasteiger partial charge in [-0.3, -0.25) is 4.79 Å². The van der Waals surface area contributed by atoms with Gasteiger partial charge in [0.25, 0.3) is 5.56 Å². The predicted octanol–water partition coefficient (Wildman–Crippen LogP) is 5.02. The Morgan fingerprint density at radius 2 is 1.55 bits per heavy atom. The van der Waals surface area contributed by atoms with Crippen molar-refractivity contribution in [2.24, 2.45) is 7.05 Å². The summed E-state index contributed by atoms with van der Waals surface area (Å²) in [6.07, 6.45) is 2.41. The van der Waals surface area contributed by atoms with Crippen LogP contribution in [0.25, 0.3) is 11.1 Å². The van der Waals surface area contributed by atoms with Crippen LogP contribution in [0.2, 0.25) is 0 Å². The third-order valence-corrected chi connectivity index (χ3v) is 5.29. The Morgan fingerprint density at radius 1 is 0.931 bits per heavy atom. The molecular weight excluding hydrogens is 360 g/mol. The van der Waals surface area contributed by atoms with Crippen molar-refractivity contribution in [3.05, 3.63) is 80.8 Å². The van der Waals surface area contributed by atoms with E-state index in [1.54, 1.807) is 7.05 Å². The Balaban J connectivity index is 2.26. The highest BCUT2D eigenvalue weighted by Gasteiger charge is 2.23. The van der Waals surface area contributed by atoms with Crippen molar-refractivity contribution in [3.63, 3.8) is 0 Å². The Kier molecular flexibility index (Phi) is 6.53. The van der Waals surface area contributed by atoms with Gasteiger partial charge in [-0.25, -0.2) is 4.68 Å². The first-order chi connectivity index (χ1) is 14.0. The minimum absolute atomic E-state index is 0.112. The molecular formula is C25H30N2O2. The number of rotatable bonds is 7. The molecule has 1 heterocycles. The van der Waals surface area contributed by atoms with Gasteiger partial charge in [-0.15, -0.1) is 0 Å². The van der Waals surface area contributed by atoms with Gasteiger partial charge in [-0.2, -0.15) is 5.10 Å². The lowest BCUT2D eigenvalue weighted by molar-refractivity contribution is 0.300. The van der Waals surface area contributed by atoms with E-state index in [9.17, 15) is 4.79 Å². The molecule has 152 valence electrons. The fraction of sp³-hybridized carbons (Fsp3) is 0.360. The summed E-state index contributed by atoms with van der Waals surface area (Å²) in [4.78, 5) is 13.3. The van der Waals surface area contributed by atoms with Gasteiger partial charge >= 0.3 is 0 Å². The van der Waals surface area contributed by atoms with E-state index in [0.29, 0.717) is 24.3 Å². The molecule has 0 aliphatic carbocycles. The van der Waals surface area contributed by atoms with E-state index in [1.807, 2.05) is 37.3 Å². The molecule has 4 heteroatoms. The van der Waals surface area contributed by atoms with Gasteiger partial charge in [0.05, 0.1) is 5.56 Å². The summed E-state index contributed by atoms with van der Waals surface area (Å²) in [6.45, 7) is 8.83. The third kappa shape index (κ3) is 4.26. The maximum absolute atomic E-state index is 13.3. The highest BCUT2D eigenvalue weighted by Crippen LogP contribution is 2.36. The van der Waals surface area contributed by atoms with Gasteiger partial charge < -0.3 is 4.74 Å². The van der Waals surface area contributed by atoms with Crippen LogP contribution >= 0.6 is 0 Å². The lowest BCUT2D eigenvalue weighted by atomic mass is 9.90. The molecule has 0 N–H and O–H groups in total. The van der Waals surface area contributed by atoms with Crippen molar-refractivity contribution < 1.29 is 4.74 Å². The zero-order chi connectivity index (χ0) is 21.0. The third-order valence-electron chi connectivity index (χ3n) is 5.29. The lowest BCUT2D eigenvalue weighted by Gasteiger charge is -2.20. The van der Waals surface area contributed by atoms with Gasteiger partial charge in [-0.05, 0) is 48.4 Å². The highest BCUT2D eigenvalue weighted by atomic mass is 16.5. The fourth-order valence-electron chi connectivity index (χ4n) is 3.83. The molecule has 0 bridgehead atoms. The molecule has 4 nitrogen and oxygen atoms in total. The normalized spacial score (nSPS) is 10.9. The number of hydrogen-bond acceptors (Lipinski definition) is 3. The molecule has 0 fully saturated rings. The van der Waals surface area contributed by atoms with Gasteiger partial charge in [0, 0.05) is 7.05 Å². The molecule has 2 aromatic carbocycles. The van der Waals surface area contributed by atoms with E-state index in [4.69, 9.17) is 4.74 Å². The predicted molar refractivity (Wildman–Crippen MR) is 119 cm³/mol. The molecule has 0 aliphatic heterocycles. The van der Waals surface area contributed by atoms with Crippen LogP contribution in [0.15, 0.2) is 47.3 Å². The monoisotopic (exact) mass is 390 g/mol. The Morgan fingerprint density at radius 3 is 2.10 bits per heavy atom. The van der Waals surface area contributed by atoms with Gasteiger partial charge in [-0.1, -0.05) is 68.8 Å². The van der Waals surface area contributed by atoms with Crippen molar-refractivity contribution in [1.29, 1.82) is 0 Å². The van der Waals surface area contributed by atoms with Crippen LogP contribution in [0.4, 0.5) is 0 Å². The highest BCUT2D eigenvalue weighted by molar-refractivity contribution is 5.77. The van der Waals surface area contributed by atoms with Crippen LogP contribution in [0.1, 0.15) is 48.7 Å². The SMILES string of the molecule is CCc1cc(C)cc(CC)c1-c1c(OCc2ccccc2)c(CC)nn(C)c1=O. The first-order valence-corrected chi connectivity index (χ1v) is 10.4. The summed E-state index contributed by atoms with van der Waals surface area (Å²) in [5.41, 5.74) is 6.99. The van der Waals surface area contributed by atoms with E-state index >= 15 is 0 Å². The van der Waals surface area contributed by atoms with Crippen molar-refractivity contribution in [3.8, 4) is 16.9 Å². The van der Waals surface area contributed by atoms with E-state index in [-0.39, 0.29) is 5.56 Å². The standard InChI is InChI=1S/C25H30N2O2/c1-6-19-14-17(4)15-20(7-2)22(19)23-24(21(8-3)26-27(5)25(23)28)29-16-18-12-10-9-11-13-18/h9-15H,6-8,16H2,1-5H3. The van der Waals surface area contributed by atoms with Crippen molar-refractivity contribution in [1.82, 2.24) is 9.78 Å². The zero-order valence-corrected chi connectivity index (χ0v) is 18.1. The number of aryl methyl sites for hydroxylation is 5. The van der Waals surface area contributed by atoms with Crippen molar-refractivity contribution in [2.75, 3.05) is 0 Å². The quantitative estimate of drug-likeness (QED) is 0.569. The molecule has 1 aromatic heterocycles. The number of aromatic nitrogens is 2.